The number of carbonyl (C=O) groups excluding carboxylic acids is 2. The molecular formula is C31H30ClFN2O3. The highest BCUT2D eigenvalue weighted by molar-refractivity contribution is 6.30. The lowest BCUT2D eigenvalue weighted by Gasteiger charge is -2.44. The van der Waals surface area contributed by atoms with Crippen molar-refractivity contribution in [3.8, 4) is 0 Å². The first-order valence-electron chi connectivity index (χ1n) is 13.0. The Morgan fingerprint density at radius 2 is 1.76 bits per heavy atom. The van der Waals surface area contributed by atoms with Crippen molar-refractivity contribution in [1.82, 2.24) is 10.2 Å². The molecule has 2 aliphatic rings. The van der Waals surface area contributed by atoms with Gasteiger partial charge in [0.1, 0.15) is 11.9 Å². The summed E-state index contributed by atoms with van der Waals surface area (Å²) in [6.45, 7) is 0.720. The zero-order valence-corrected chi connectivity index (χ0v) is 21.8. The van der Waals surface area contributed by atoms with Gasteiger partial charge < -0.3 is 15.0 Å². The fraction of sp³-hybridized carbons (Fsp3) is 0.290. The van der Waals surface area contributed by atoms with E-state index < -0.39 is 0 Å². The number of fused-ring (bicyclic) bond motifs is 1. The van der Waals surface area contributed by atoms with Crippen molar-refractivity contribution in [3.63, 3.8) is 0 Å². The molecule has 5 nitrogen and oxygen atoms in total. The molecule has 7 heteroatoms. The maximum Gasteiger partial charge on any atom is 0.289 e. The van der Waals surface area contributed by atoms with Crippen molar-refractivity contribution in [2.75, 3.05) is 6.54 Å². The highest BCUT2D eigenvalue weighted by Crippen LogP contribution is 2.34. The Hall–Kier alpha value is -3.64. The van der Waals surface area contributed by atoms with E-state index in [0.717, 1.165) is 36.8 Å². The molecule has 0 radical (unpaired) electrons. The van der Waals surface area contributed by atoms with E-state index in [4.69, 9.17) is 16.3 Å². The Kier molecular flexibility index (Phi) is 8.08. The Morgan fingerprint density at radius 3 is 2.53 bits per heavy atom. The quantitative estimate of drug-likeness (QED) is 0.371. The fourth-order valence-corrected chi connectivity index (χ4v) is 5.25. The lowest BCUT2D eigenvalue weighted by atomic mass is 9.89. The van der Waals surface area contributed by atoms with Gasteiger partial charge in [0.15, 0.2) is 5.76 Å². The van der Waals surface area contributed by atoms with Gasteiger partial charge in [0.25, 0.3) is 11.8 Å². The Bertz CT molecular complexity index is 1320. The van der Waals surface area contributed by atoms with Crippen molar-refractivity contribution in [1.29, 1.82) is 0 Å². The molecule has 5 rings (SSSR count). The van der Waals surface area contributed by atoms with E-state index in [0.29, 0.717) is 29.1 Å². The van der Waals surface area contributed by atoms with Crippen LogP contribution in [0.5, 0.6) is 0 Å². The molecule has 1 aliphatic carbocycles. The number of hydrogen-bond acceptors (Lipinski definition) is 3. The monoisotopic (exact) mass is 532 g/mol. The molecule has 38 heavy (non-hydrogen) atoms. The number of rotatable bonds is 7. The fourth-order valence-electron chi connectivity index (χ4n) is 5.13. The van der Waals surface area contributed by atoms with Gasteiger partial charge in [0.2, 0.25) is 0 Å². The van der Waals surface area contributed by atoms with Gasteiger partial charge >= 0.3 is 0 Å². The summed E-state index contributed by atoms with van der Waals surface area (Å²) in [5, 5.41) is 3.62. The van der Waals surface area contributed by atoms with E-state index in [-0.39, 0.29) is 42.1 Å². The first kappa shape index (κ1) is 26.0. The van der Waals surface area contributed by atoms with Gasteiger partial charge in [-0.25, -0.2) is 4.39 Å². The van der Waals surface area contributed by atoms with Crippen LogP contribution in [0.2, 0.25) is 5.02 Å². The SMILES string of the molecule is O=C(NCCc1ccc(Cl)cc1)c1ccc(/C=C2\OC3CCCCC3N(Cc3ccccc3F)C2=O)cc1. The summed E-state index contributed by atoms with van der Waals surface area (Å²) in [5.74, 6) is -0.457. The number of amides is 2. The predicted octanol–water partition coefficient (Wildman–Crippen LogP) is 6.16. The lowest BCUT2D eigenvalue weighted by Crippen LogP contribution is -2.54. The third-order valence-electron chi connectivity index (χ3n) is 7.20. The minimum Gasteiger partial charge on any atom is -0.482 e. The van der Waals surface area contributed by atoms with E-state index in [1.807, 2.05) is 24.3 Å². The van der Waals surface area contributed by atoms with Crippen LogP contribution >= 0.6 is 11.6 Å². The highest BCUT2D eigenvalue weighted by atomic mass is 35.5. The van der Waals surface area contributed by atoms with Gasteiger partial charge in [-0.1, -0.05) is 60.5 Å². The number of morpholine rings is 1. The molecule has 0 spiro atoms. The number of halogens is 2. The molecule has 2 atom stereocenters. The predicted molar refractivity (Wildman–Crippen MR) is 146 cm³/mol. The molecule has 196 valence electrons. The first-order chi connectivity index (χ1) is 18.5. The number of carbonyl (C=O) groups is 2. The Labute approximate surface area is 227 Å². The van der Waals surface area contributed by atoms with E-state index >= 15 is 0 Å². The van der Waals surface area contributed by atoms with Crippen LogP contribution in [0.3, 0.4) is 0 Å². The summed E-state index contributed by atoms with van der Waals surface area (Å²) in [4.78, 5) is 27.8. The van der Waals surface area contributed by atoms with E-state index in [9.17, 15) is 14.0 Å². The van der Waals surface area contributed by atoms with Gasteiger partial charge in [-0.2, -0.15) is 0 Å². The molecule has 1 heterocycles. The smallest absolute Gasteiger partial charge is 0.289 e. The van der Waals surface area contributed by atoms with Gasteiger partial charge in [-0.15, -0.1) is 0 Å². The molecular weight excluding hydrogens is 503 g/mol. The number of benzene rings is 3. The average Bonchev–Trinajstić information content (AvgIpc) is 2.93. The minimum absolute atomic E-state index is 0.0630. The van der Waals surface area contributed by atoms with Crippen molar-refractivity contribution in [2.45, 2.75) is 50.8 Å². The summed E-state index contributed by atoms with van der Waals surface area (Å²) < 4.78 is 20.6. The van der Waals surface area contributed by atoms with E-state index in [1.54, 1.807) is 53.4 Å². The maximum absolute atomic E-state index is 14.4. The Balaban J connectivity index is 1.26. The standard InChI is InChI=1S/C31H30ClFN2O3/c32-25-15-11-21(12-16-25)17-18-34-30(36)23-13-9-22(10-14-23)19-29-31(37)35(20-24-5-1-2-6-26(24)33)27-7-3-4-8-28(27)38-29/h1-2,5-6,9-16,19,27-28H,3-4,7-8,17-18,20H2,(H,34,36)/b29-19-. The molecule has 1 saturated heterocycles. The second-order valence-electron chi connectivity index (χ2n) is 9.80. The van der Waals surface area contributed by atoms with E-state index in [2.05, 4.69) is 5.32 Å². The molecule has 1 saturated carbocycles. The third-order valence-corrected chi connectivity index (χ3v) is 7.45. The van der Waals surface area contributed by atoms with Crippen molar-refractivity contribution in [2.24, 2.45) is 0 Å². The summed E-state index contributed by atoms with van der Waals surface area (Å²) in [5.41, 5.74) is 2.88. The van der Waals surface area contributed by atoms with Crippen LogP contribution in [0.4, 0.5) is 4.39 Å². The van der Waals surface area contributed by atoms with Crippen LogP contribution in [0.1, 0.15) is 52.7 Å². The second-order valence-corrected chi connectivity index (χ2v) is 10.2. The first-order valence-corrected chi connectivity index (χ1v) is 13.4. The van der Waals surface area contributed by atoms with Crippen LogP contribution in [-0.2, 0) is 22.5 Å². The molecule has 3 aromatic carbocycles. The molecule has 0 bridgehead atoms. The average molecular weight is 533 g/mol. The van der Waals surface area contributed by atoms with E-state index in [1.165, 1.54) is 6.07 Å². The third kappa shape index (κ3) is 6.08. The van der Waals surface area contributed by atoms with Crippen LogP contribution in [-0.4, -0.2) is 35.4 Å². The molecule has 2 fully saturated rings. The number of ether oxygens (including phenoxy) is 1. The molecule has 2 unspecified atom stereocenters. The molecule has 3 aromatic rings. The van der Waals surface area contributed by atoms with Gasteiger partial charge in [-0.05, 0) is 73.2 Å². The maximum atomic E-state index is 14.4. The number of hydrogen-bond donors (Lipinski definition) is 1. The van der Waals surface area contributed by atoms with Crippen molar-refractivity contribution < 1.29 is 18.7 Å². The molecule has 2 amide bonds. The zero-order chi connectivity index (χ0) is 26.5. The Morgan fingerprint density at radius 1 is 1.03 bits per heavy atom. The molecule has 1 N–H and O–H groups in total. The van der Waals surface area contributed by atoms with Crippen LogP contribution in [0, 0.1) is 5.82 Å². The van der Waals surface area contributed by atoms with Gasteiger partial charge in [0.05, 0.1) is 6.04 Å². The second kappa shape index (κ2) is 11.8. The van der Waals surface area contributed by atoms with Crippen molar-refractivity contribution in [3.05, 3.63) is 112 Å². The minimum atomic E-state index is -0.313. The summed E-state index contributed by atoms with van der Waals surface area (Å²) in [6.07, 6.45) is 6.08. The number of nitrogens with zero attached hydrogens (tertiary/aromatic N) is 1. The molecule has 1 aliphatic heterocycles. The normalized spacial score (nSPS) is 20.1. The lowest BCUT2D eigenvalue weighted by molar-refractivity contribution is -0.149. The van der Waals surface area contributed by atoms with Crippen molar-refractivity contribution >= 4 is 29.5 Å². The van der Waals surface area contributed by atoms with Crippen LogP contribution in [0.15, 0.2) is 78.6 Å². The highest BCUT2D eigenvalue weighted by Gasteiger charge is 2.41. The van der Waals surface area contributed by atoms with Crippen LogP contribution in [0.25, 0.3) is 6.08 Å². The van der Waals surface area contributed by atoms with Gasteiger partial charge in [0, 0.05) is 29.2 Å². The topological polar surface area (TPSA) is 58.6 Å². The summed E-state index contributed by atoms with van der Waals surface area (Å²) in [7, 11) is 0. The van der Waals surface area contributed by atoms with Crippen LogP contribution < -0.4 is 5.32 Å². The van der Waals surface area contributed by atoms with Gasteiger partial charge in [-0.3, -0.25) is 9.59 Å². The summed E-state index contributed by atoms with van der Waals surface area (Å²) in [6, 6.07) is 21.1. The zero-order valence-electron chi connectivity index (χ0n) is 21.0. The molecule has 0 aromatic heterocycles. The largest absolute Gasteiger partial charge is 0.482 e. The summed E-state index contributed by atoms with van der Waals surface area (Å²) >= 11 is 5.92. The number of nitrogens with one attached hydrogen (secondary N) is 1.